The van der Waals surface area contributed by atoms with Gasteiger partial charge in [0.15, 0.2) is 0 Å². The third-order valence-electron chi connectivity index (χ3n) is 0.0577. The lowest BCUT2D eigenvalue weighted by molar-refractivity contribution is 1.36. The van der Waals surface area contributed by atoms with E-state index in [4.69, 9.17) is 4.91 Å². The largest absolute Gasteiger partial charge is 0.152 e. The van der Waals surface area contributed by atoms with Gasteiger partial charge in [0.2, 0.25) is 0 Å². The van der Waals surface area contributed by atoms with Gasteiger partial charge in [-0.05, 0) is 0 Å². The topological polar surface area (TPSA) is 29.4 Å². The molecule has 0 aliphatic rings. The van der Waals surface area contributed by atoms with Crippen molar-refractivity contribution in [3.8, 4) is 0 Å². The highest BCUT2D eigenvalue weighted by atomic mass is 32.1. The van der Waals surface area contributed by atoms with Gasteiger partial charge in [0.25, 0.3) is 0 Å². The van der Waals surface area contributed by atoms with Crippen LogP contribution in [-0.2, 0) is 0 Å². The Kier molecular flexibility index (Phi) is 2.91. The van der Waals surface area contributed by atoms with Crippen molar-refractivity contribution >= 4 is 12.6 Å². The fourth-order valence-electron chi connectivity index (χ4n) is 0. The van der Waals surface area contributed by atoms with E-state index in [0.717, 1.165) is 0 Å². The van der Waals surface area contributed by atoms with E-state index in [1.54, 1.807) is 0 Å². The van der Waals surface area contributed by atoms with Crippen LogP contribution < -0.4 is 0 Å². The van der Waals surface area contributed by atoms with E-state index in [2.05, 4.69) is 17.8 Å². The molecule has 0 saturated heterocycles. The van der Waals surface area contributed by atoms with E-state index >= 15 is 0 Å². The van der Waals surface area contributed by atoms with Gasteiger partial charge in [0.05, 0.1) is 0 Å². The van der Waals surface area contributed by atoms with Crippen LogP contribution in [0.5, 0.6) is 0 Å². The second-order valence-corrected chi connectivity index (χ2v) is 0.553. The summed E-state index contributed by atoms with van der Waals surface area (Å²) in [6, 6.07) is 0. The SMILES string of the molecule is O=NCS. The van der Waals surface area contributed by atoms with E-state index in [-0.39, 0.29) is 5.88 Å². The molecule has 0 atom stereocenters. The molecule has 0 rings (SSSR count). The second-order valence-electron chi connectivity index (χ2n) is 0.271. The molecule has 2 nitrogen and oxygen atoms in total. The van der Waals surface area contributed by atoms with Gasteiger partial charge in [0, 0.05) is 0 Å². The molecule has 0 heterocycles. The summed E-state index contributed by atoms with van der Waals surface area (Å²) < 4.78 is 0. The van der Waals surface area contributed by atoms with Crippen molar-refractivity contribution in [1.29, 1.82) is 0 Å². The van der Waals surface area contributed by atoms with Crippen molar-refractivity contribution in [2.75, 3.05) is 5.88 Å². The number of hydrogen-bond donors (Lipinski definition) is 1. The van der Waals surface area contributed by atoms with Crippen molar-refractivity contribution in [2.24, 2.45) is 5.18 Å². The van der Waals surface area contributed by atoms with E-state index in [1.165, 1.54) is 0 Å². The van der Waals surface area contributed by atoms with Crippen LogP contribution >= 0.6 is 12.6 Å². The van der Waals surface area contributed by atoms with E-state index in [1.807, 2.05) is 0 Å². The average Bonchev–Trinajstić information content (AvgIpc) is 1.37. The summed E-state index contributed by atoms with van der Waals surface area (Å²) in [4.78, 5) is 8.85. The van der Waals surface area contributed by atoms with Crippen LogP contribution in [-0.4, -0.2) is 5.88 Å². The third-order valence-corrected chi connectivity index (χ3v) is 0.173. The van der Waals surface area contributed by atoms with Crippen molar-refractivity contribution in [3.63, 3.8) is 0 Å². The van der Waals surface area contributed by atoms with Crippen LogP contribution in [0.2, 0.25) is 0 Å². The highest BCUT2D eigenvalue weighted by Crippen LogP contribution is 1.65. The van der Waals surface area contributed by atoms with Crippen LogP contribution in [0.4, 0.5) is 0 Å². The summed E-state index contributed by atoms with van der Waals surface area (Å²) in [5.74, 6) is 0.0833. The van der Waals surface area contributed by atoms with Gasteiger partial charge in [-0.15, -0.1) is 4.91 Å². The van der Waals surface area contributed by atoms with Crippen LogP contribution in [0, 0.1) is 4.91 Å². The molecular weight excluding hydrogens is 74.1 g/mol. The minimum atomic E-state index is 0.0833. The maximum atomic E-state index is 8.85. The predicted octanol–water partition coefficient (Wildman–Crippen LogP) is 0.640. The Morgan fingerprint density at radius 1 is 2.00 bits per heavy atom. The van der Waals surface area contributed by atoms with Crippen molar-refractivity contribution in [1.82, 2.24) is 0 Å². The molecule has 0 aromatic rings. The monoisotopic (exact) mass is 77.0 g/mol. The van der Waals surface area contributed by atoms with Gasteiger partial charge in [-0.3, -0.25) is 0 Å². The smallest absolute Gasteiger partial charge is 0.124 e. The lowest BCUT2D eigenvalue weighted by Crippen LogP contribution is -1.45. The molecule has 0 unspecified atom stereocenters. The standard InChI is InChI=1S/CH3NOS/c3-2-1-4/h4H,1H2. The lowest BCUT2D eigenvalue weighted by Gasteiger charge is -1.52. The number of hydrogen-bond acceptors (Lipinski definition) is 3. The number of thiol groups is 1. The number of nitrogens with zero attached hydrogens (tertiary/aromatic N) is 1. The van der Waals surface area contributed by atoms with E-state index < -0.39 is 0 Å². The highest BCUT2D eigenvalue weighted by Gasteiger charge is 1.51. The zero-order chi connectivity index (χ0) is 3.41. The minimum Gasteiger partial charge on any atom is -0.152 e. The zero-order valence-electron chi connectivity index (χ0n) is 2.01. The van der Waals surface area contributed by atoms with E-state index in [0.29, 0.717) is 0 Å². The molecule has 0 N–H and O–H groups in total. The first kappa shape index (κ1) is 3.95. The molecule has 3 heteroatoms. The van der Waals surface area contributed by atoms with Gasteiger partial charge >= 0.3 is 0 Å². The number of nitroso groups, excluding NO2 is 1. The van der Waals surface area contributed by atoms with Crippen LogP contribution in [0.25, 0.3) is 0 Å². The summed E-state index contributed by atoms with van der Waals surface area (Å²) in [6.07, 6.45) is 0. The Balaban J connectivity index is 2.30. The van der Waals surface area contributed by atoms with Crippen molar-refractivity contribution < 1.29 is 0 Å². The molecule has 4 heavy (non-hydrogen) atoms. The molecular formula is CH3NOS. The molecule has 0 aromatic carbocycles. The molecule has 0 aromatic heterocycles. The molecule has 0 bridgehead atoms. The molecule has 0 aliphatic heterocycles. The average molecular weight is 77.1 g/mol. The summed E-state index contributed by atoms with van der Waals surface area (Å²) in [5.41, 5.74) is 0. The Bertz CT molecular complexity index is 22.0. The maximum absolute atomic E-state index is 8.85. The Labute approximate surface area is 29.6 Å². The summed E-state index contributed by atoms with van der Waals surface area (Å²) in [6.45, 7) is 0. The number of rotatable bonds is 1. The van der Waals surface area contributed by atoms with Crippen molar-refractivity contribution in [3.05, 3.63) is 4.91 Å². The molecule has 24 valence electrons. The van der Waals surface area contributed by atoms with Crippen LogP contribution in [0.15, 0.2) is 5.18 Å². The third kappa shape index (κ3) is 1.95. The predicted molar refractivity (Wildman–Crippen MR) is 19.6 cm³/mol. The second kappa shape index (κ2) is 2.95. The van der Waals surface area contributed by atoms with Crippen molar-refractivity contribution in [2.45, 2.75) is 0 Å². The zero-order valence-corrected chi connectivity index (χ0v) is 2.90. The molecule has 0 saturated carbocycles. The molecule has 0 fully saturated rings. The fourth-order valence-corrected chi connectivity index (χ4v) is 0. The van der Waals surface area contributed by atoms with Gasteiger partial charge in [0.1, 0.15) is 5.88 Å². The molecule has 0 aliphatic carbocycles. The quantitative estimate of drug-likeness (QED) is 0.361. The first-order valence-electron chi connectivity index (χ1n) is 0.815. The first-order valence-corrected chi connectivity index (χ1v) is 1.45. The Morgan fingerprint density at radius 3 is 2.25 bits per heavy atom. The fraction of sp³-hybridized carbons (Fsp3) is 1.00. The van der Waals surface area contributed by atoms with Gasteiger partial charge in [-0.25, -0.2) is 0 Å². The normalized spacial score (nSPS) is 6.25. The van der Waals surface area contributed by atoms with Crippen LogP contribution in [0.3, 0.4) is 0 Å². The lowest BCUT2D eigenvalue weighted by atomic mass is 11.5. The van der Waals surface area contributed by atoms with Gasteiger partial charge in [-0.1, -0.05) is 5.18 Å². The summed E-state index contributed by atoms with van der Waals surface area (Å²) >= 11 is 3.44. The highest BCUT2D eigenvalue weighted by molar-refractivity contribution is 7.80. The first-order chi connectivity index (χ1) is 1.91. The Hall–Kier alpha value is -0.0500. The van der Waals surface area contributed by atoms with Gasteiger partial charge < -0.3 is 0 Å². The minimum absolute atomic E-state index is 0.0833. The Morgan fingerprint density at radius 2 is 2.25 bits per heavy atom. The summed E-state index contributed by atoms with van der Waals surface area (Å²) in [7, 11) is 0. The van der Waals surface area contributed by atoms with Crippen LogP contribution in [0.1, 0.15) is 0 Å². The maximum Gasteiger partial charge on any atom is 0.124 e. The van der Waals surface area contributed by atoms with E-state index in [9.17, 15) is 0 Å². The molecule has 0 amide bonds. The molecule has 0 spiro atoms. The molecule has 0 radical (unpaired) electrons. The summed E-state index contributed by atoms with van der Waals surface area (Å²) in [5, 5.41) is 2.35. The van der Waals surface area contributed by atoms with Gasteiger partial charge in [-0.2, -0.15) is 12.6 Å².